The van der Waals surface area contributed by atoms with Gasteiger partial charge in [0, 0.05) is 101 Å². The van der Waals surface area contributed by atoms with Crippen LogP contribution >= 0.6 is 0 Å². The largest absolute Gasteiger partial charge is 0.425 e. The van der Waals surface area contributed by atoms with Crippen LogP contribution < -0.4 is 48.3 Å². The molecule has 0 radical (unpaired) electrons. The van der Waals surface area contributed by atoms with E-state index in [2.05, 4.69) is 52.2 Å². The van der Waals surface area contributed by atoms with Crippen LogP contribution in [0.4, 0.5) is 69.6 Å². The Kier molecular flexibility index (Phi) is 29.4. The van der Waals surface area contributed by atoms with E-state index in [4.69, 9.17) is 65.5 Å². The van der Waals surface area contributed by atoms with E-state index in [-0.39, 0.29) is 161 Å². The number of anilines is 12. The number of rotatable bonds is 25. The van der Waals surface area contributed by atoms with Crippen LogP contribution in [-0.4, -0.2) is 178 Å². The second kappa shape index (κ2) is 41.3. The highest BCUT2D eigenvalue weighted by molar-refractivity contribution is 7.86. The zero-order chi connectivity index (χ0) is 102. The standard InChI is InChI=1S/C89H63N15O18S4.4O3S/c1-103-66-33-31-63(73-75(66)71(59-19-8-10-21-61(59)81(73)107)77(83(103)109)79(105)47-14-4-3-5-15-47)92-53-28-35-68(125(117,118)119)52(41-53)44-70-97-85(99-87(98-70)93-54-26-23-46-13-6-7-16-48(46)39-54)90-37-38-91-86-100-88(94-55-27-24-50-42-58(124(114,115)116)30-25-49(50)40-55)102-89(101-86)95-56-29-36-69(126(120,121)122)65(45-56)96-64-32-34-67-76-72(60-20-9-11-22-62(60)82(108)74(64)76)78(84(110)104(67)2)80(106)51-17-12-18-57(43-51)123(111,112)113;4*1-4(2)3/h3-36,39-43,45,92,96H,37-38,44H2,1-2H3,(H,111,112,113)(H,114,115,116)(H,117,118,119)(H,120,121,122)(H2,90,93,97,98,99)(H3,91,94,95,100,101,102);;;;. The van der Waals surface area contributed by atoms with Crippen molar-refractivity contribution in [2.45, 2.75) is 26.0 Å². The lowest BCUT2D eigenvalue weighted by Crippen LogP contribution is -2.29. The van der Waals surface area contributed by atoms with Gasteiger partial charge >= 0.3 is 42.4 Å². The van der Waals surface area contributed by atoms with Crippen molar-refractivity contribution in [2.75, 3.05) is 50.3 Å². The maximum Gasteiger partial charge on any atom is 0.425 e. The minimum Gasteiger partial charge on any atom is -0.355 e. The monoisotopic (exact) mass is 2080 g/mol. The molecular formula is C89H63N15O30S8. The lowest BCUT2D eigenvalue weighted by atomic mass is 9.80. The van der Waals surface area contributed by atoms with Gasteiger partial charge in [0.05, 0.1) is 65.0 Å². The van der Waals surface area contributed by atoms with Crippen LogP contribution in [0.15, 0.2) is 272 Å². The van der Waals surface area contributed by atoms with Crippen molar-refractivity contribution in [3.05, 3.63) is 319 Å². The molecule has 12 aromatic carbocycles. The predicted molar refractivity (Wildman–Crippen MR) is 511 cm³/mol. The molecule has 53 heteroatoms. The van der Waals surface area contributed by atoms with Crippen LogP contribution in [-0.2, 0) is 103 Å². The number of pyridine rings is 2. The van der Waals surface area contributed by atoms with Gasteiger partial charge in [0.25, 0.3) is 51.6 Å². The summed E-state index contributed by atoms with van der Waals surface area (Å²) in [5, 5.41) is 25.2. The SMILES string of the molecule is Cn1c(=O)c(C(=O)c2ccccc2)c2c3c(c(Nc4ccc(S(=O)(=O)O)c(Cc5nc(NCCNc6nc(Nc7ccc(S(=O)(=O)O)c(Nc8ccc9c%10c8C(=O)c8ccccc8-c%10c(C(=O)c8cccc(S(=O)(=O)O)c8)c(=O)n9C)c7)nc(Nc7ccc8cc(S(=O)(=O)O)ccc8c7)n6)nc(Nc6ccc7ccccc7c6)n5)c4)ccc31)C(=O)c1ccccc1-2.O=S(=O)=O.O=S(=O)=O.O=S(=O)=O.O=S(=O)=O. The highest BCUT2D eigenvalue weighted by atomic mass is 32.2. The Bertz CT molecular complexity index is 9110. The van der Waals surface area contributed by atoms with Crippen LogP contribution in [0.2, 0.25) is 0 Å². The molecule has 0 bridgehead atoms. The van der Waals surface area contributed by atoms with Crippen molar-refractivity contribution in [3.8, 4) is 22.3 Å². The minimum atomic E-state index is -5.14. The molecule has 11 N–H and O–H groups in total. The van der Waals surface area contributed by atoms with Crippen LogP contribution in [0.5, 0.6) is 0 Å². The number of carbonyl (C=O) groups is 4. The zero-order valence-electron chi connectivity index (χ0n) is 72.0. The summed E-state index contributed by atoms with van der Waals surface area (Å²) in [6.07, 6.45) is -0.382. The molecule has 0 saturated carbocycles. The molecule has 45 nitrogen and oxygen atoms in total. The maximum absolute atomic E-state index is 15.1. The van der Waals surface area contributed by atoms with Crippen LogP contribution in [0, 0.1) is 0 Å². The molecule has 4 heterocycles. The first-order valence-corrected chi connectivity index (χ1v) is 50.0. The molecule has 2 aliphatic carbocycles. The topological polar surface area (TPSA) is 696 Å². The third kappa shape index (κ3) is 22.7. The predicted octanol–water partition coefficient (Wildman–Crippen LogP) is 9.75. The number of fused-ring (bicyclic) bond motifs is 6. The van der Waals surface area contributed by atoms with Gasteiger partial charge in [0.2, 0.25) is 29.7 Å². The Morgan fingerprint density at radius 2 is 0.697 bits per heavy atom. The summed E-state index contributed by atoms with van der Waals surface area (Å²) in [5.41, 5.74) is 0.378. The number of carbonyl (C=O) groups excluding carboxylic acids is 4. The third-order valence-electron chi connectivity index (χ3n) is 21.5. The molecule has 4 aromatic heterocycles. The first-order valence-electron chi connectivity index (χ1n) is 40.2. The molecule has 0 fully saturated rings. The molecule has 0 atom stereocenters. The average Bonchev–Trinajstić information content (AvgIpc) is 0.707. The number of hydrogen-bond donors (Lipinski definition) is 11. The summed E-state index contributed by atoms with van der Waals surface area (Å²) in [6, 6.07) is 61.0. The quantitative estimate of drug-likeness (QED) is 0.0144. The van der Waals surface area contributed by atoms with E-state index in [0.29, 0.717) is 38.6 Å². The third-order valence-corrected chi connectivity index (χ3v) is 25.0. The van der Waals surface area contributed by atoms with Crippen LogP contribution in [0.25, 0.3) is 65.6 Å². The average molecular weight is 2080 g/mol. The molecule has 0 saturated heterocycles. The molecule has 0 spiro atoms. The lowest BCUT2D eigenvalue weighted by Gasteiger charge is -2.26. The summed E-state index contributed by atoms with van der Waals surface area (Å²) in [7, 11) is -29.1. The fraction of sp³-hybridized carbons (Fsp3) is 0.0562. The smallest absolute Gasteiger partial charge is 0.355 e. The maximum atomic E-state index is 15.1. The molecule has 18 rings (SSSR count). The van der Waals surface area contributed by atoms with Gasteiger partial charge in [0.15, 0.2) is 23.1 Å². The van der Waals surface area contributed by atoms with Gasteiger partial charge in [-0.1, -0.05) is 133 Å². The van der Waals surface area contributed by atoms with Crippen LogP contribution in [0.3, 0.4) is 0 Å². The van der Waals surface area contributed by atoms with E-state index in [1.165, 1.54) is 104 Å². The molecule has 16 aromatic rings. The van der Waals surface area contributed by atoms with E-state index in [1.54, 1.807) is 103 Å². The van der Waals surface area contributed by atoms with Crippen molar-refractivity contribution in [2.24, 2.45) is 14.1 Å². The van der Waals surface area contributed by atoms with Gasteiger partial charge in [-0.2, -0.15) is 63.6 Å². The van der Waals surface area contributed by atoms with Crippen molar-refractivity contribution in [1.82, 2.24) is 39.0 Å². The van der Waals surface area contributed by atoms with Gasteiger partial charge in [-0.15, -0.1) is 50.5 Å². The normalized spacial score (nSPS) is 11.7. The van der Waals surface area contributed by atoms with E-state index in [9.17, 15) is 75.9 Å². The van der Waals surface area contributed by atoms with Crippen molar-refractivity contribution in [3.63, 3.8) is 0 Å². The Morgan fingerprint density at radius 3 is 1.20 bits per heavy atom. The van der Waals surface area contributed by atoms with Gasteiger partial charge in [0.1, 0.15) is 10.7 Å². The second-order valence-corrected chi connectivity index (χ2v) is 37.4. The summed E-state index contributed by atoms with van der Waals surface area (Å²) in [4.78, 5) is 114. The summed E-state index contributed by atoms with van der Waals surface area (Å²) < 4.78 is 248. The summed E-state index contributed by atoms with van der Waals surface area (Å²) >= 11 is 0. The van der Waals surface area contributed by atoms with Crippen molar-refractivity contribution in [1.29, 1.82) is 0 Å². The van der Waals surface area contributed by atoms with Gasteiger partial charge in [-0.05, 0) is 147 Å². The Labute approximate surface area is 805 Å². The number of nitrogens with one attached hydrogen (secondary N) is 7. The van der Waals surface area contributed by atoms with E-state index >= 15 is 4.79 Å². The van der Waals surface area contributed by atoms with Gasteiger partial charge in [-0.25, -0.2) is 0 Å². The summed E-state index contributed by atoms with van der Waals surface area (Å²) in [5.74, 6) is -3.13. The number of nitrogens with zero attached hydrogens (tertiary/aromatic N) is 8. The number of aryl methyl sites for hydroxylation is 2. The Morgan fingerprint density at radius 1 is 0.324 bits per heavy atom. The molecule has 2 aliphatic rings. The molecule has 722 valence electrons. The number of ketones is 4. The molecule has 0 amide bonds. The number of benzene rings is 12. The first-order chi connectivity index (χ1) is 67.2. The lowest BCUT2D eigenvalue weighted by molar-refractivity contribution is 0.102. The van der Waals surface area contributed by atoms with E-state index < -0.39 is 137 Å². The first kappa shape index (κ1) is 101. The minimum absolute atomic E-state index is 0.0145. The van der Waals surface area contributed by atoms with Crippen LogP contribution in [0.1, 0.15) is 75.1 Å². The fourth-order valence-electron chi connectivity index (χ4n) is 15.8. The number of hydrogen-bond acceptors (Lipinski definition) is 39. The Balaban J connectivity index is 0.000000933. The number of aromatic nitrogens is 8. The highest BCUT2D eigenvalue weighted by Crippen LogP contribution is 2.48. The second-order valence-electron chi connectivity index (χ2n) is 30.2. The van der Waals surface area contributed by atoms with Crippen molar-refractivity contribution >= 4 is 219 Å². The fourth-order valence-corrected chi connectivity index (χ4v) is 18.1. The van der Waals surface area contributed by atoms with E-state index in [1.807, 2.05) is 36.4 Å². The zero-order valence-corrected chi connectivity index (χ0v) is 78.5. The van der Waals surface area contributed by atoms with Gasteiger partial charge < -0.3 is 46.4 Å². The molecule has 142 heavy (non-hydrogen) atoms. The van der Waals surface area contributed by atoms with Gasteiger partial charge in [-0.3, -0.25) is 47.0 Å². The highest BCUT2D eigenvalue weighted by Gasteiger charge is 2.38. The molecular weight excluding hydrogens is 2020 g/mol. The van der Waals surface area contributed by atoms with Crippen molar-refractivity contribution < 1.29 is 122 Å². The van der Waals surface area contributed by atoms with E-state index in [0.717, 1.165) is 33.5 Å². The molecule has 0 unspecified atom stereocenters. The summed E-state index contributed by atoms with van der Waals surface area (Å²) in [6.45, 7) is -0.0765. The Hall–Kier alpha value is -17.0. The molecule has 0 aliphatic heterocycles.